The molecule has 0 saturated carbocycles. The maximum absolute atomic E-state index is 12.9. The van der Waals surface area contributed by atoms with Crippen molar-refractivity contribution in [3.05, 3.63) is 82.0 Å². The van der Waals surface area contributed by atoms with Gasteiger partial charge in [0.2, 0.25) is 12.7 Å². The molecule has 0 bridgehead atoms. The molecule has 29 heavy (non-hydrogen) atoms. The highest BCUT2D eigenvalue weighted by molar-refractivity contribution is 7.12. The Hall–Kier alpha value is -3.32. The number of thiophene rings is 1. The average Bonchev–Trinajstić information content (AvgIpc) is 3.43. The Balaban J connectivity index is 1.44. The Morgan fingerprint density at radius 1 is 0.966 bits per heavy atom. The third-order valence-electron chi connectivity index (χ3n) is 4.55. The van der Waals surface area contributed by atoms with Crippen molar-refractivity contribution in [1.82, 2.24) is 10.6 Å². The molecule has 0 saturated heterocycles. The van der Waals surface area contributed by atoms with Crippen molar-refractivity contribution >= 4 is 23.2 Å². The van der Waals surface area contributed by atoms with Crippen LogP contribution in [0.4, 0.5) is 0 Å². The summed E-state index contributed by atoms with van der Waals surface area (Å²) in [6.07, 6.45) is 0.408. The number of carbonyl (C=O) groups excluding carboxylic acids is 2. The van der Waals surface area contributed by atoms with Crippen LogP contribution in [0.5, 0.6) is 11.5 Å². The molecule has 2 amide bonds. The minimum atomic E-state index is -0.680. The molecule has 0 fully saturated rings. The fourth-order valence-corrected chi connectivity index (χ4v) is 3.69. The standard InChI is InChI=1S/C22H20N2O4S/c25-21(23-13-16-8-9-18-19(12-16)28-14-27-18)17(11-15-5-2-1-3-6-15)24-22(26)20-7-4-10-29-20/h1-10,12,17H,11,13-14H2,(H,23,25)(H,24,26)/t17-/m0/s1. The lowest BCUT2D eigenvalue weighted by molar-refractivity contribution is -0.123. The fraction of sp³-hybridized carbons (Fsp3) is 0.182. The maximum atomic E-state index is 12.9. The van der Waals surface area contributed by atoms with E-state index in [2.05, 4.69) is 10.6 Å². The van der Waals surface area contributed by atoms with Gasteiger partial charge in [0.15, 0.2) is 11.5 Å². The molecule has 4 rings (SSSR count). The number of ether oxygens (including phenoxy) is 2. The summed E-state index contributed by atoms with van der Waals surface area (Å²) >= 11 is 1.34. The summed E-state index contributed by atoms with van der Waals surface area (Å²) in [7, 11) is 0. The zero-order valence-corrected chi connectivity index (χ0v) is 16.4. The third kappa shape index (κ3) is 4.75. The van der Waals surface area contributed by atoms with Gasteiger partial charge in [-0.25, -0.2) is 0 Å². The Morgan fingerprint density at radius 3 is 2.59 bits per heavy atom. The normalized spacial score (nSPS) is 13.0. The van der Waals surface area contributed by atoms with E-state index in [0.29, 0.717) is 29.3 Å². The van der Waals surface area contributed by atoms with Gasteiger partial charge in [-0.2, -0.15) is 0 Å². The zero-order chi connectivity index (χ0) is 20.1. The molecule has 7 heteroatoms. The Bertz CT molecular complexity index is 989. The van der Waals surface area contributed by atoms with Crippen LogP contribution in [-0.2, 0) is 17.8 Å². The van der Waals surface area contributed by atoms with Gasteiger partial charge in [0, 0.05) is 13.0 Å². The van der Waals surface area contributed by atoms with Gasteiger partial charge in [-0.05, 0) is 34.7 Å². The van der Waals surface area contributed by atoms with Gasteiger partial charge < -0.3 is 20.1 Å². The second-order valence-corrected chi connectivity index (χ2v) is 7.55. The molecule has 0 radical (unpaired) electrons. The van der Waals surface area contributed by atoms with Crippen LogP contribution in [0.25, 0.3) is 0 Å². The van der Waals surface area contributed by atoms with Crippen LogP contribution < -0.4 is 20.1 Å². The van der Waals surface area contributed by atoms with Crippen LogP contribution >= 0.6 is 11.3 Å². The Labute approximate surface area is 172 Å². The summed E-state index contributed by atoms with van der Waals surface area (Å²) in [5.74, 6) is 0.879. The van der Waals surface area contributed by atoms with Crippen molar-refractivity contribution in [2.45, 2.75) is 19.0 Å². The summed E-state index contributed by atoms with van der Waals surface area (Å²) in [4.78, 5) is 26.0. The summed E-state index contributed by atoms with van der Waals surface area (Å²) in [5.41, 5.74) is 1.87. The third-order valence-corrected chi connectivity index (χ3v) is 5.42. The first-order chi connectivity index (χ1) is 14.2. The molecule has 3 aromatic rings. The molecule has 0 unspecified atom stereocenters. The SMILES string of the molecule is O=C(N[C@@H](Cc1ccccc1)C(=O)NCc1ccc2c(c1)OCO2)c1cccs1. The first-order valence-corrected chi connectivity index (χ1v) is 10.1. The van der Waals surface area contributed by atoms with Gasteiger partial charge in [0.1, 0.15) is 6.04 Å². The number of amides is 2. The molecule has 2 N–H and O–H groups in total. The average molecular weight is 408 g/mol. The predicted octanol–water partition coefficient (Wildman–Crippen LogP) is 3.13. The van der Waals surface area contributed by atoms with Crippen molar-refractivity contribution in [1.29, 1.82) is 0 Å². The van der Waals surface area contributed by atoms with E-state index in [-0.39, 0.29) is 18.6 Å². The first-order valence-electron chi connectivity index (χ1n) is 9.23. The smallest absolute Gasteiger partial charge is 0.262 e. The lowest BCUT2D eigenvalue weighted by Crippen LogP contribution is -2.47. The highest BCUT2D eigenvalue weighted by Gasteiger charge is 2.22. The minimum Gasteiger partial charge on any atom is -0.454 e. The lowest BCUT2D eigenvalue weighted by Gasteiger charge is -2.18. The number of hydrogen-bond donors (Lipinski definition) is 2. The minimum absolute atomic E-state index is 0.207. The van der Waals surface area contributed by atoms with Crippen LogP contribution in [0.3, 0.4) is 0 Å². The maximum Gasteiger partial charge on any atom is 0.262 e. The molecule has 2 heterocycles. The highest BCUT2D eigenvalue weighted by Crippen LogP contribution is 2.32. The molecule has 6 nitrogen and oxygen atoms in total. The van der Waals surface area contributed by atoms with Crippen molar-refractivity contribution in [3.8, 4) is 11.5 Å². The van der Waals surface area contributed by atoms with Crippen LogP contribution in [0.2, 0.25) is 0 Å². The van der Waals surface area contributed by atoms with Gasteiger partial charge in [-0.3, -0.25) is 9.59 Å². The second kappa shape index (κ2) is 8.79. The molecular formula is C22H20N2O4S. The molecule has 2 aromatic carbocycles. The van der Waals surface area contributed by atoms with Crippen LogP contribution in [0, 0.1) is 0 Å². The molecule has 1 aliphatic rings. The van der Waals surface area contributed by atoms with Crippen LogP contribution in [0.15, 0.2) is 66.0 Å². The van der Waals surface area contributed by atoms with E-state index in [1.165, 1.54) is 11.3 Å². The molecule has 1 atom stereocenters. The fourth-order valence-electron chi connectivity index (χ4n) is 3.06. The van der Waals surface area contributed by atoms with E-state index in [1.807, 2.05) is 60.0 Å². The van der Waals surface area contributed by atoms with Crippen LogP contribution in [-0.4, -0.2) is 24.6 Å². The first kappa shape index (κ1) is 19.0. The highest BCUT2D eigenvalue weighted by atomic mass is 32.1. The molecule has 0 spiro atoms. The number of rotatable bonds is 7. The van der Waals surface area contributed by atoms with E-state index < -0.39 is 6.04 Å². The number of fused-ring (bicyclic) bond motifs is 1. The van der Waals surface area contributed by atoms with Gasteiger partial charge in [0.05, 0.1) is 4.88 Å². The van der Waals surface area contributed by atoms with E-state index >= 15 is 0 Å². The lowest BCUT2D eigenvalue weighted by atomic mass is 10.0. The molecular weight excluding hydrogens is 388 g/mol. The van der Waals surface area contributed by atoms with Gasteiger partial charge in [-0.1, -0.05) is 42.5 Å². The van der Waals surface area contributed by atoms with Crippen LogP contribution in [0.1, 0.15) is 20.8 Å². The van der Waals surface area contributed by atoms with E-state index in [1.54, 1.807) is 6.07 Å². The summed E-state index contributed by atoms with van der Waals surface area (Å²) in [6.45, 7) is 0.536. The second-order valence-electron chi connectivity index (χ2n) is 6.60. The number of hydrogen-bond acceptors (Lipinski definition) is 5. The van der Waals surface area contributed by atoms with E-state index in [0.717, 1.165) is 11.1 Å². The van der Waals surface area contributed by atoms with E-state index in [4.69, 9.17) is 9.47 Å². The molecule has 1 aromatic heterocycles. The van der Waals surface area contributed by atoms with Gasteiger partial charge in [-0.15, -0.1) is 11.3 Å². The largest absolute Gasteiger partial charge is 0.454 e. The predicted molar refractivity (Wildman–Crippen MR) is 110 cm³/mol. The molecule has 1 aliphatic heterocycles. The Kier molecular flexibility index (Phi) is 5.76. The summed E-state index contributed by atoms with van der Waals surface area (Å²) in [5, 5.41) is 7.61. The van der Waals surface area contributed by atoms with Crippen molar-refractivity contribution < 1.29 is 19.1 Å². The van der Waals surface area contributed by atoms with Gasteiger partial charge in [0.25, 0.3) is 5.91 Å². The monoisotopic (exact) mass is 408 g/mol. The Morgan fingerprint density at radius 2 is 1.79 bits per heavy atom. The number of nitrogens with one attached hydrogen (secondary N) is 2. The quantitative estimate of drug-likeness (QED) is 0.630. The molecule has 0 aliphatic carbocycles. The van der Waals surface area contributed by atoms with Crippen molar-refractivity contribution in [2.24, 2.45) is 0 Å². The summed E-state index contributed by atoms with van der Waals surface area (Å²) in [6, 6.07) is 18.0. The number of benzene rings is 2. The topological polar surface area (TPSA) is 76.7 Å². The van der Waals surface area contributed by atoms with Crippen molar-refractivity contribution in [2.75, 3.05) is 6.79 Å². The van der Waals surface area contributed by atoms with E-state index in [9.17, 15) is 9.59 Å². The molecule has 148 valence electrons. The summed E-state index contributed by atoms with van der Waals surface area (Å²) < 4.78 is 10.7. The van der Waals surface area contributed by atoms with Gasteiger partial charge >= 0.3 is 0 Å². The zero-order valence-electron chi connectivity index (χ0n) is 15.6. The number of carbonyl (C=O) groups is 2. The van der Waals surface area contributed by atoms with Crippen molar-refractivity contribution in [3.63, 3.8) is 0 Å².